The summed E-state index contributed by atoms with van der Waals surface area (Å²) < 4.78 is 35.2. The Kier molecular flexibility index (Phi) is 3.82. The Balaban J connectivity index is 3.06. The predicted molar refractivity (Wildman–Crippen MR) is 63.2 cm³/mol. The summed E-state index contributed by atoms with van der Waals surface area (Å²) in [5, 5.41) is 0. The molecule has 15 heavy (non-hydrogen) atoms. The van der Waals surface area contributed by atoms with Crippen LogP contribution < -0.4 is 0 Å². The minimum Gasteiger partial charge on any atom is -0.293 e. The minimum absolute atomic E-state index is 0.112. The highest BCUT2D eigenvalue weighted by Crippen LogP contribution is 2.15. The third-order valence-electron chi connectivity index (χ3n) is 1.62. The molecule has 0 aliphatic carbocycles. The van der Waals surface area contributed by atoms with Crippen LogP contribution in [0.15, 0.2) is 18.2 Å². The molecule has 0 heterocycles. The van der Waals surface area contributed by atoms with Gasteiger partial charge in [0.1, 0.15) is 11.6 Å². The van der Waals surface area contributed by atoms with Crippen molar-refractivity contribution in [2.45, 2.75) is 0 Å². The van der Waals surface area contributed by atoms with E-state index >= 15 is 0 Å². The average Bonchev–Trinajstić information content (AvgIpc) is 2.06. The number of sulfone groups is 1. The molecule has 0 aliphatic rings. The van der Waals surface area contributed by atoms with E-state index in [9.17, 15) is 17.6 Å². The van der Waals surface area contributed by atoms with Gasteiger partial charge in [0, 0.05) is 15.4 Å². The van der Waals surface area contributed by atoms with E-state index in [-0.39, 0.29) is 5.56 Å². The van der Waals surface area contributed by atoms with Crippen LogP contribution in [0.1, 0.15) is 10.4 Å². The standard InChI is InChI=1S/C9H8FIO3S/c1-15(13,14)5-9(12)7-4-6(10)2-3-8(7)11/h2-4H,5H2,1H3. The highest BCUT2D eigenvalue weighted by Gasteiger charge is 2.16. The van der Waals surface area contributed by atoms with E-state index in [2.05, 4.69) is 0 Å². The van der Waals surface area contributed by atoms with E-state index in [1.54, 1.807) is 0 Å². The summed E-state index contributed by atoms with van der Waals surface area (Å²) in [6.07, 6.45) is 0.969. The maximum Gasteiger partial charge on any atom is 0.179 e. The van der Waals surface area contributed by atoms with Gasteiger partial charge in [-0.1, -0.05) is 0 Å². The number of Topliss-reactive ketones (excluding diaryl/α,β-unsaturated/α-hetero) is 1. The monoisotopic (exact) mass is 342 g/mol. The lowest BCUT2D eigenvalue weighted by molar-refractivity contribution is 0.102. The normalized spacial score (nSPS) is 11.4. The van der Waals surface area contributed by atoms with Gasteiger partial charge >= 0.3 is 0 Å². The van der Waals surface area contributed by atoms with E-state index in [4.69, 9.17) is 0 Å². The molecule has 3 nitrogen and oxygen atoms in total. The summed E-state index contributed by atoms with van der Waals surface area (Å²) in [4.78, 5) is 11.5. The van der Waals surface area contributed by atoms with E-state index in [1.807, 2.05) is 22.6 Å². The van der Waals surface area contributed by atoms with Crippen LogP contribution in [0.2, 0.25) is 0 Å². The van der Waals surface area contributed by atoms with E-state index < -0.39 is 27.2 Å². The molecule has 1 rings (SSSR count). The van der Waals surface area contributed by atoms with Gasteiger partial charge in [-0.25, -0.2) is 12.8 Å². The summed E-state index contributed by atoms with van der Waals surface area (Å²) in [6.45, 7) is 0. The van der Waals surface area contributed by atoms with E-state index in [0.29, 0.717) is 3.57 Å². The second-order valence-electron chi connectivity index (χ2n) is 3.12. The van der Waals surface area contributed by atoms with Gasteiger partial charge in [0.05, 0.1) is 0 Å². The smallest absolute Gasteiger partial charge is 0.179 e. The van der Waals surface area contributed by atoms with Gasteiger partial charge in [0.2, 0.25) is 0 Å². The summed E-state index contributed by atoms with van der Waals surface area (Å²) in [7, 11) is -3.38. The maximum absolute atomic E-state index is 12.8. The molecule has 1 aromatic carbocycles. The van der Waals surface area contributed by atoms with Crippen molar-refractivity contribution in [2.75, 3.05) is 12.0 Å². The molecular weight excluding hydrogens is 334 g/mol. The fourth-order valence-corrected chi connectivity index (χ4v) is 2.30. The summed E-state index contributed by atoms with van der Waals surface area (Å²) in [5.41, 5.74) is 0.112. The lowest BCUT2D eigenvalue weighted by atomic mass is 10.1. The van der Waals surface area contributed by atoms with Crippen LogP contribution in [-0.4, -0.2) is 26.2 Å². The molecule has 0 spiro atoms. The molecule has 0 unspecified atom stereocenters. The number of hydrogen-bond donors (Lipinski definition) is 0. The van der Waals surface area contributed by atoms with Crippen molar-refractivity contribution in [3.8, 4) is 0 Å². The number of carbonyl (C=O) groups is 1. The van der Waals surface area contributed by atoms with Gasteiger partial charge in [-0.05, 0) is 40.8 Å². The van der Waals surface area contributed by atoms with Crippen LogP contribution in [0.25, 0.3) is 0 Å². The van der Waals surface area contributed by atoms with Crippen LogP contribution in [-0.2, 0) is 9.84 Å². The van der Waals surface area contributed by atoms with Crippen LogP contribution in [0.4, 0.5) is 4.39 Å². The maximum atomic E-state index is 12.8. The number of rotatable bonds is 3. The third-order valence-corrected chi connectivity index (χ3v) is 3.35. The summed E-state index contributed by atoms with van der Waals surface area (Å²) >= 11 is 1.86. The van der Waals surface area contributed by atoms with Crippen molar-refractivity contribution >= 4 is 38.2 Å². The fourth-order valence-electron chi connectivity index (χ4n) is 1.03. The first kappa shape index (κ1) is 12.6. The van der Waals surface area contributed by atoms with Crippen molar-refractivity contribution in [2.24, 2.45) is 0 Å². The van der Waals surface area contributed by atoms with E-state index in [0.717, 1.165) is 12.3 Å². The van der Waals surface area contributed by atoms with Gasteiger partial charge in [0.15, 0.2) is 15.6 Å². The van der Waals surface area contributed by atoms with Gasteiger partial charge in [-0.2, -0.15) is 0 Å². The Morgan fingerprint density at radius 2 is 2.07 bits per heavy atom. The predicted octanol–water partition coefficient (Wildman–Crippen LogP) is 1.66. The number of carbonyl (C=O) groups excluding carboxylic acids is 1. The van der Waals surface area contributed by atoms with Crippen molar-refractivity contribution in [1.82, 2.24) is 0 Å². The highest BCUT2D eigenvalue weighted by molar-refractivity contribution is 14.1. The molecule has 0 amide bonds. The first-order valence-electron chi connectivity index (χ1n) is 3.95. The molecule has 0 bridgehead atoms. The Morgan fingerprint density at radius 3 is 2.60 bits per heavy atom. The first-order chi connectivity index (χ1) is 6.79. The molecule has 0 saturated heterocycles. The van der Waals surface area contributed by atoms with Crippen molar-refractivity contribution in [3.63, 3.8) is 0 Å². The third kappa shape index (κ3) is 3.86. The molecule has 0 aromatic heterocycles. The van der Waals surface area contributed by atoms with Crippen LogP contribution >= 0.6 is 22.6 Å². The van der Waals surface area contributed by atoms with Crippen molar-refractivity contribution in [3.05, 3.63) is 33.1 Å². The molecule has 0 saturated carbocycles. The lowest BCUT2D eigenvalue weighted by Crippen LogP contribution is -2.15. The van der Waals surface area contributed by atoms with Gasteiger partial charge in [-0.3, -0.25) is 4.79 Å². The zero-order valence-electron chi connectivity index (χ0n) is 7.83. The van der Waals surface area contributed by atoms with Gasteiger partial charge in [0.25, 0.3) is 0 Å². The molecular formula is C9H8FIO3S. The highest BCUT2D eigenvalue weighted by atomic mass is 127. The molecule has 0 aliphatic heterocycles. The number of halogens is 2. The minimum atomic E-state index is -3.38. The molecule has 0 radical (unpaired) electrons. The lowest BCUT2D eigenvalue weighted by Gasteiger charge is -2.02. The average molecular weight is 342 g/mol. The Morgan fingerprint density at radius 1 is 1.47 bits per heavy atom. The number of ketones is 1. The first-order valence-corrected chi connectivity index (χ1v) is 7.09. The second-order valence-corrected chi connectivity index (χ2v) is 6.42. The molecule has 0 fully saturated rings. The molecule has 6 heteroatoms. The summed E-state index contributed by atoms with van der Waals surface area (Å²) in [5.74, 6) is -1.72. The van der Waals surface area contributed by atoms with Gasteiger partial charge < -0.3 is 0 Å². The largest absolute Gasteiger partial charge is 0.293 e. The Hall–Kier alpha value is -0.500. The van der Waals surface area contributed by atoms with Crippen LogP contribution in [0.3, 0.4) is 0 Å². The molecule has 82 valence electrons. The van der Waals surface area contributed by atoms with E-state index in [1.165, 1.54) is 12.1 Å². The number of benzene rings is 1. The molecule has 1 aromatic rings. The van der Waals surface area contributed by atoms with Crippen LogP contribution in [0, 0.1) is 9.39 Å². The van der Waals surface area contributed by atoms with Crippen molar-refractivity contribution in [1.29, 1.82) is 0 Å². The fraction of sp³-hybridized carbons (Fsp3) is 0.222. The zero-order valence-corrected chi connectivity index (χ0v) is 10.8. The van der Waals surface area contributed by atoms with Crippen LogP contribution in [0.5, 0.6) is 0 Å². The van der Waals surface area contributed by atoms with Gasteiger partial charge in [-0.15, -0.1) is 0 Å². The Labute approximate surface area is 101 Å². The second kappa shape index (κ2) is 4.56. The molecule has 0 N–H and O–H groups in total. The zero-order chi connectivity index (χ0) is 11.6. The summed E-state index contributed by atoms with van der Waals surface area (Å²) in [6, 6.07) is 3.71. The topological polar surface area (TPSA) is 51.2 Å². The Bertz CT molecular complexity index is 496. The van der Waals surface area contributed by atoms with Crippen molar-refractivity contribution < 1.29 is 17.6 Å². The number of hydrogen-bond acceptors (Lipinski definition) is 3. The quantitative estimate of drug-likeness (QED) is 0.620. The molecule has 0 atom stereocenters. The SMILES string of the molecule is CS(=O)(=O)CC(=O)c1cc(F)ccc1I.